The molecule has 0 saturated carbocycles. The van der Waals surface area contributed by atoms with Crippen LogP contribution in [0.3, 0.4) is 0 Å². The summed E-state index contributed by atoms with van der Waals surface area (Å²) in [6.07, 6.45) is 4.54. The first-order valence-corrected chi connectivity index (χ1v) is 8.31. The summed E-state index contributed by atoms with van der Waals surface area (Å²) in [7, 11) is 0. The second kappa shape index (κ2) is 7.05. The number of hydrogen-bond donors (Lipinski definition) is 1. The van der Waals surface area contributed by atoms with Gasteiger partial charge in [0, 0.05) is 10.7 Å². The average molecular weight is 330 g/mol. The van der Waals surface area contributed by atoms with Gasteiger partial charge in [-0.05, 0) is 67.5 Å². The van der Waals surface area contributed by atoms with E-state index in [0.29, 0.717) is 10.7 Å². The van der Waals surface area contributed by atoms with Gasteiger partial charge in [-0.25, -0.2) is 0 Å². The maximum atomic E-state index is 12.1. The summed E-state index contributed by atoms with van der Waals surface area (Å²) in [4.78, 5) is 12.1. The van der Waals surface area contributed by atoms with E-state index < -0.39 is 0 Å². The van der Waals surface area contributed by atoms with Crippen molar-refractivity contribution in [2.45, 2.75) is 32.6 Å². The van der Waals surface area contributed by atoms with Crippen molar-refractivity contribution < 1.29 is 9.53 Å². The number of benzene rings is 2. The molecule has 1 aliphatic rings. The Morgan fingerprint density at radius 2 is 2.04 bits per heavy atom. The highest BCUT2D eigenvalue weighted by atomic mass is 35.5. The maximum absolute atomic E-state index is 12.1. The van der Waals surface area contributed by atoms with Gasteiger partial charge in [-0.15, -0.1) is 0 Å². The molecule has 1 aliphatic carbocycles. The zero-order valence-electron chi connectivity index (χ0n) is 13.2. The Kier molecular flexibility index (Phi) is 4.87. The van der Waals surface area contributed by atoms with E-state index in [1.807, 2.05) is 31.2 Å². The van der Waals surface area contributed by atoms with Gasteiger partial charge >= 0.3 is 0 Å². The van der Waals surface area contributed by atoms with E-state index in [-0.39, 0.29) is 12.5 Å². The number of carbonyl (C=O) groups is 1. The molecule has 0 unspecified atom stereocenters. The molecule has 0 radical (unpaired) electrons. The fourth-order valence-electron chi connectivity index (χ4n) is 2.89. The topological polar surface area (TPSA) is 38.3 Å². The molecule has 0 atom stereocenters. The predicted octanol–water partition coefficient (Wildman–Crippen LogP) is 4.54. The molecular formula is C19H20ClNO2. The molecular weight excluding hydrogens is 310 g/mol. The lowest BCUT2D eigenvalue weighted by atomic mass is 9.91. The van der Waals surface area contributed by atoms with Crippen LogP contribution in [0.15, 0.2) is 36.4 Å². The number of rotatable bonds is 4. The van der Waals surface area contributed by atoms with E-state index >= 15 is 0 Å². The van der Waals surface area contributed by atoms with Gasteiger partial charge in [0.05, 0.1) is 0 Å². The first kappa shape index (κ1) is 15.9. The molecule has 2 aromatic rings. The van der Waals surface area contributed by atoms with Gasteiger partial charge < -0.3 is 10.1 Å². The van der Waals surface area contributed by atoms with Crippen LogP contribution in [0.4, 0.5) is 5.69 Å². The van der Waals surface area contributed by atoms with E-state index in [0.717, 1.165) is 24.2 Å². The number of fused-ring (bicyclic) bond motifs is 1. The smallest absolute Gasteiger partial charge is 0.262 e. The lowest BCUT2D eigenvalue weighted by Crippen LogP contribution is -2.21. The fourth-order valence-corrected chi connectivity index (χ4v) is 3.07. The molecule has 0 heterocycles. The lowest BCUT2D eigenvalue weighted by Gasteiger charge is -2.19. The fraction of sp³-hybridized carbons (Fsp3) is 0.316. The van der Waals surface area contributed by atoms with Gasteiger partial charge in [0.25, 0.3) is 5.91 Å². The summed E-state index contributed by atoms with van der Waals surface area (Å²) >= 11 is 6.07. The Morgan fingerprint density at radius 1 is 1.22 bits per heavy atom. The first-order chi connectivity index (χ1) is 11.1. The Bertz CT molecular complexity index is 727. The number of ether oxygens (including phenoxy) is 1. The van der Waals surface area contributed by atoms with Gasteiger partial charge in [0.1, 0.15) is 5.75 Å². The van der Waals surface area contributed by atoms with E-state index in [2.05, 4.69) is 11.4 Å². The van der Waals surface area contributed by atoms with Gasteiger partial charge in [0.2, 0.25) is 0 Å². The monoisotopic (exact) mass is 329 g/mol. The number of amides is 1. The van der Waals surface area contributed by atoms with Crippen LogP contribution in [0.1, 0.15) is 29.5 Å². The Hall–Kier alpha value is -2.00. The van der Waals surface area contributed by atoms with Crippen molar-refractivity contribution in [3.05, 3.63) is 58.1 Å². The summed E-state index contributed by atoms with van der Waals surface area (Å²) < 4.78 is 5.75. The minimum Gasteiger partial charge on any atom is -0.483 e. The summed E-state index contributed by atoms with van der Waals surface area (Å²) in [6, 6.07) is 11.6. The molecule has 1 amide bonds. The number of halogens is 1. The summed E-state index contributed by atoms with van der Waals surface area (Å²) in [5.74, 6) is 0.651. The standard InChI is InChI=1S/C19H20ClNO2/c1-13-9-10-15(11-17(13)20)21-19(22)12-23-18-8-4-6-14-5-2-3-7-16(14)18/h4,6,8-11H,2-3,5,7,12H2,1H3,(H,21,22). The van der Waals surface area contributed by atoms with Crippen molar-refractivity contribution in [2.24, 2.45) is 0 Å². The molecule has 0 fully saturated rings. The van der Waals surface area contributed by atoms with Gasteiger partial charge in [0.15, 0.2) is 6.61 Å². The zero-order valence-corrected chi connectivity index (χ0v) is 14.0. The highest BCUT2D eigenvalue weighted by molar-refractivity contribution is 6.31. The van der Waals surface area contributed by atoms with Crippen LogP contribution in [0.25, 0.3) is 0 Å². The highest BCUT2D eigenvalue weighted by Crippen LogP contribution is 2.29. The quantitative estimate of drug-likeness (QED) is 0.894. The second-order valence-corrected chi connectivity index (χ2v) is 6.31. The minimum absolute atomic E-state index is 0.00193. The van der Waals surface area contributed by atoms with Crippen molar-refractivity contribution in [1.29, 1.82) is 0 Å². The Balaban J connectivity index is 1.62. The number of anilines is 1. The van der Waals surface area contributed by atoms with Crippen LogP contribution in [0.2, 0.25) is 5.02 Å². The van der Waals surface area contributed by atoms with Gasteiger partial charge in [-0.1, -0.05) is 29.8 Å². The molecule has 3 rings (SSSR count). The Labute approximate surface area is 141 Å². The van der Waals surface area contributed by atoms with Crippen LogP contribution in [0.5, 0.6) is 5.75 Å². The summed E-state index contributed by atoms with van der Waals surface area (Å²) in [6.45, 7) is 1.93. The Morgan fingerprint density at radius 3 is 2.87 bits per heavy atom. The highest BCUT2D eigenvalue weighted by Gasteiger charge is 2.14. The minimum atomic E-state index is -0.182. The molecule has 2 aromatic carbocycles. The van der Waals surface area contributed by atoms with E-state index in [1.165, 1.54) is 24.0 Å². The SMILES string of the molecule is Cc1ccc(NC(=O)COc2cccc3c2CCCC3)cc1Cl. The number of nitrogens with one attached hydrogen (secondary N) is 1. The molecule has 0 bridgehead atoms. The summed E-state index contributed by atoms with van der Waals surface area (Å²) in [5, 5.41) is 3.45. The third-order valence-electron chi connectivity index (χ3n) is 4.17. The first-order valence-electron chi connectivity index (χ1n) is 7.93. The molecule has 120 valence electrons. The van der Waals surface area contributed by atoms with Crippen LogP contribution < -0.4 is 10.1 Å². The second-order valence-electron chi connectivity index (χ2n) is 5.90. The largest absolute Gasteiger partial charge is 0.483 e. The third kappa shape index (κ3) is 3.85. The van der Waals surface area contributed by atoms with Gasteiger partial charge in [-0.3, -0.25) is 4.79 Å². The lowest BCUT2D eigenvalue weighted by molar-refractivity contribution is -0.118. The zero-order chi connectivity index (χ0) is 16.2. The molecule has 0 spiro atoms. The molecule has 1 N–H and O–H groups in total. The molecule has 0 aliphatic heterocycles. The molecule has 23 heavy (non-hydrogen) atoms. The van der Waals surface area contributed by atoms with Crippen LogP contribution in [-0.4, -0.2) is 12.5 Å². The van der Waals surface area contributed by atoms with Crippen molar-refractivity contribution in [3.8, 4) is 5.75 Å². The van der Waals surface area contributed by atoms with Crippen LogP contribution in [0, 0.1) is 6.92 Å². The number of hydrogen-bond acceptors (Lipinski definition) is 2. The average Bonchev–Trinajstić information content (AvgIpc) is 2.56. The molecule has 3 nitrogen and oxygen atoms in total. The number of carbonyl (C=O) groups excluding carboxylic acids is 1. The normalized spacial score (nSPS) is 13.3. The van der Waals surface area contributed by atoms with Crippen molar-refractivity contribution in [3.63, 3.8) is 0 Å². The molecule has 4 heteroatoms. The van der Waals surface area contributed by atoms with Crippen molar-refractivity contribution in [1.82, 2.24) is 0 Å². The van der Waals surface area contributed by atoms with Crippen molar-refractivity contribution >= 4 is 23.2 Å². The van der Waals surface area contributed by atoms with Gasteiger partial charge in [-0.2, -0.15) is 0 Å². The molecule has 0 saturated heterocycles. The van der Waals surface area contributed by atoms with Crippen molar-refractivity contribution in [2.75, 3.05) is 11.9 Å². The van der Waals surface area contributed by atoms with E-state index in [4.69, 9.17) is 16.3 Å². The third-order valence-corrected chi connectivity index (χ3v) is 4.57. The molecule has 0 aromatic heterocycles. The predicted molar refractivity (Wildman–Crippen MR) is 93.4 cm³/mol. The van der Waals surface area contributed by atoms with E-state index in [1.54, 1.807) is 6.07 Å². The maximum Gasteiger partial charge on any atom is 0.262 e. The van der Waals surface area contributed by atoms with E-state index in [9.17, 15) is 4.79 Å². The van der Waals surface area contributed by atoms with Crippen LogP contribution in [-0.2, 0) is 17.6 Å². The van der Waals surface area contributed by atoms with Crippen LogP contribution >= 0.6 is 11.6 Å². The summed E-state index contributed by atoms with van der Waals surface area (Å²) in [5.41, 5.74) is 4.27. The number of aryl methyl sites for hydroxylation is 2.